The van der Waals surface area contributed by atoms with Gasteiger partial charge in [-0.25, -0.2) is 4.39 Å². The predicted octanol–water partition coefficient (Wildman–Crippen LogP) is 3.24. The second-order valence-electron chi connectivity index (χ2n) is 2.85. The first-order valence-corrected chi connectivity index (χ1v) is 3.87. The van der Waals surface area contributed by atoms with E-state index in [0.717, 1.165) is 5.56 Å². The highest BCUT2D eigenvalue weighted by Gasteiger charge is 2.03. The Hall–Kier alpha value is -1.11. The molecule has 0 aliphatic rings. The minimum atomic E-state index is -0.178. The van der Waals surface area contributed by atoms with Crippen LogP contribution in [-0.4, -0.2) is 0 Å². The van der Waals surface area contributed by atoms with Crippen LogP contribution >= 0.6 is 0 Å². The van der Waals surface area contributed by atoms with E-state index in [4.69, 9.17) is 0 Å². The van der Waals surface area contributed by atoms with Crippen molar-refractivity contribution >= 4 is 0 Å². The van der Waals surface area contributed by atoms with E-state index in [0.29, 0.717) is 5.56 Å². The first-order chi connectivity index (χ1) is 5.65. The molecule has 0 heterocycles. The van der Waals surface area contributed by atoms with Crippen molar-refractivity contribution in [3.05, 3.63) is 54.7 Å². The van der Waals surface area contributed by atoms with Crippen molar-refractivity contribution < 1.29 is 4.39 Å². The summed E-state index contributed by atoms with van der Waals surface area (Å²) in [5.41, 5.74) is 1.53. The number of allylic oxidation sites excluding steroid dienone is 1. The SMILES string of the molecule is [CH2]C(C=C)c1ccc(C)c(F)c1. The Morgan fingerprint density at radius 1 is 1.50 bits per heavy atom. The summed E-state index contributed by atoms with van der Waals surface area (Å²) in [6.07, 6.45) is 1.70. The summed E-state index contributed by atoms with van der Waals surface area (Å²) in [4.78, 5) is 0. The third-order valence-electron chi connectivity index (χ3n) is 1.91. The molecule has 1 rings (SSSR count). The van der Waals surface area contributed by atoms with Gasteiger partial charge in [0.25, 0.3) is 0 Å². The van der Waals surface area contributed by atoms with E-state index < -0.39 is 0 Å². The maximum atomic E-state index is 13.0. The Bertz CT molecular complexity index is 289. The summed E-state index contributed by atoms with van der Waals surface area (Å²) in [7, 11) is 0. The van der Waals surface area contributed by atoms with Gasteiger partial charge in [-0.1, -0.05) is 18.2 Å². The van der Waals surface area contributed by atoms with Gasteiger partial charge in [0.05, 0.1) is 0 Å². The second kappa shape index (κ2) is 3.53. The molecule has 0 amide bonds. The Labute approximate surface area is 72.7 Å². The average molecular weight is 163 g/mol. The van der Waals surface area contributed by atoms with Crippen molar-refractivity contribution in [3.63, 3.8) is 0 Å². The fraction of sp³-hybridized carbons (Fsp3) is 0.182. The molecule has 0 aliphatic carbocycles. The first kappa shape index (κ1) is 8.98. The quantitative estimate of drug-likeness (QED) is 0.587. The number of rotatable bonds is 2. The van der Waals surface area contributed by atoms with Crippen LogP contribution < -0.4 is 0 Å². The van der Waals surface area contributed by atoms with E-state index in [9.17, 15) is 4.39 Å². The van der Waals surface area contributed by atoms with Crippen LogP contribution in [0.5, 0.6) is 0 Å². The van der Waals surface area contributed by atoms with Crippen LogP contribution in [0.25, 0.3) is 0 Å². The number of aryl methyl sites for hydroxylation is 1. The molecule has 1 aromatic rings. The fourth-order valence-corrected chi connectivity index (χ4v) is 0.976. The number of hydrogen-bond donors (Lipinski definition) is 0. The van der Waals surface area contributed by atoms with Crippen LogP contribution in [0.1, 0.15) is 17.0 Å². The lowest BCUT2D eigenvalue weighted by Crippen LogP contribution is -1.91. The van der Waals surface area contributed by atoms with Crippen LogP contribution in [0, 0.1) is 19.7 Å². The van der Waals surface area contributed by atoms with E-state index in [-0.39, 0.29) is 11.7 Å². The summed E-state index contributed by atoms with van der Waals surface area (Å²) in [6.45, 7) is 9.16. The topological polar surface area (TPSA) is 0 Å². The summed E-state index contributed by atoms with van der Waals surface area (Å²) >= 11 is 0. The molecule has 0 saturated heterocycles. The normalized spacial score (nSPS) is 12.6. The van der Waals surface area contributed by atoms with E-state index >= 15 is 0 Å². The van der Waals surface area contributed by atoms with E-state index in [1.54, 1.807) is 19.1 Å². The van der Waals surface area contributed by atoms with Gasteiger partial charge in [-0.2, -0.15) is 0 Å². The molecule has 1 unspecified atom stereocenters. The maximum Gasteiger partial charge on any atom is 0.126 e. The summed E-state index contributed by atoms with van der Waals surface area (Å²) < 4.78 is 13.0. The number of hydrogen-bond acceptors (Lipinski definition) is 0. The molecule has 63 valence electrons. The number of halogens is 1. The Balaban J connectivity index is 3.04. The van der Waals surface area contributed by atoms with Crippen LogP contribution in [0.4, 0.5) is 4.39 Å². The molecule has 12 heavy (non-hydrogen) atoms. The highest BCUT2D eigenvalue weighted by molar-refractivity contribution is 5.29. The average Bonchev–Trinajstić information content (AvgIpc) is 2.08. The monoisotopic (exact) mass is 163 g/mol. The third-order valence-corrected chi connectivity index (χ3v) is 1.91. The maximum absolute atomic E-state index is 13.0. The van der Waals surface area contributed by atoms with E-state index in [1.807, 2.05) is 6.07 Å². The highest BCUT2D eigenvalue weighted by Crippen LogP contribution is 2.18. The van der Waals surface area contributed by atoms with Crippen LogP contribution in [0.2, 0.25) is 0 Å². The Morgan fingerprint density at radius 2 is 2.17 bits per heavy atom. The van der Waals surface area contributed by atoms with Gasteiger partial charge in [0.2, 0.25) is 0 Å². The first-order valence-electron chi connectivity index (χ1n) is 3.87. The zero-order valence-corrected chi connectivity index (χ0v) is 7.18. The number of benzene rings is 1. The van der Waals surface area contributed by atoms with Gasteiger partial charge in [-0.05, 0) is 31.0 Å². The summed E-state index contributed by atoms with van der Waals surface area (Å²) in [5.74, 6) is -0.205. The van der Waals surface area contributed by atoms with Crippen molar-refractivity contribution in [2.75, 3.05) is 0 Å². The molecule has 0 bridgehead atoms. The van der Waals surface area contributed by atoms with Crippen molar-refractivity contribution in [2.45, 2.75) is 12.8 Å². The minimum Gasteiger partial charge on any atom is -0.207 e. The van der Waals surface area contributed by atoms with Crippen LogP contribution in [0.15, 0.2) is 30.9 Å². The molecule has 0 aliphatic heterocycles. The molecule has 0 nitrogen and oxygen atoms in total. The fourth-order valence-electron chi connectivity index (χ4n) is 0.976. The van der Waals surface area contributed by atoms with Crippen molar-refractivity contribution in [2.24, 2.45) is 0 Å². The zero-order chi connectivity index (χ0) is 9.14. The third kappa shape index (κ3) is 1.73. The second-order valence-corrected chi connectivity index (χ2v) is 2.85. The minimum absolute atomic E-state index is 0.0277. The smallest absolute Gasteiger partial charge is 0.126 e. The van der Waals surface area contributed by atoms with Gasteiger partial charge < -0.3 is 0 Å². The molecule has 0 aromatic heterocycles. The van der Waals surface area contributed by atoms with Gasteiger partial charge in [0, 0.05) is 5.92 Å². The predicted molar refractivity (Wildman–Crippen MR) is 49.4 cm³/mol. The molecule has 1 radical (unpaired) electrons. The molecule has 0 spiro atoms. The highest BCUT2D eigenvalue weighted by atomic mass is 19.1. The lowest BCUT2D eigenvalue weighted by atomic mass is 10.00. The van der Waals surface area contributed by atoms with Gasteiger partial charge in [0.1, 0.15) is 5.82 Å². The molecule has 1 aromatic carbocycles. The van der Waals surface area contributed by atoms with Crippen molar-refractivity contribution in [1.82, 2.24) is 0 Å². The van der Waals surface area contributed by atoms with Gasteiger partial charge >= 0.3 is 0 Å². The largest absolute Gasteiger partial charge is 0.207 e. The lowest BCUT2D eigenvalue weighted by Gasteiger charge is -2.06. The van der Waals surface area contributed by atoms with Crippen LogP contribution in [-0.2, 0) is 0 Å². The zero-order valence-electron chi connectivity index (χ0n) is 7.18. The molecule has 1 heteroatoms. The molecule has 0 fully saturated rings. The van der Waals surface area contributed by atoms with E-state index in [1.165, 1.54) is 6.07 Å². The Kier molecular flexibility index (Phi) is 2.64. The molecule has 1 atom stereocenters. The van der Waals surface area contributed by atoms with Gasteiger partial charge in [-0.3, -0.25) is 0 Å². The Morgan fingerprint density at radius 3 is 2.67 bits per heavy atom. The van der Waals surface area contributed by atoms with Gasteiger partial charge in [-0.15, -0.1) is 6.58 Å². The lowest BCUT2D eigenvalue weighted by molar-refractivity contribution is 0.616. The summed E-state index contributed by atoms with van der Waals surface area (Å²) in [6, 6.07) is 5.14. The van der Waals surface area contributed by atoms with Crippen molar-refractivity contribution in [1.29, 1.82) is 0 Å². The standard InChI is InChI=1S/C11H12F/c1-4-8(2)10-6-5-9(3)11(12)7-10/h4-8H,1-2H2,3H3. The van der Waals surface area contributed by atoms with Crippen molar-refractivity contribution in [3.8, 4) is 0 Å². The molecule has 0 saturated carbocycles. The van der Waals surface area contributed by atoms with E-state index in [2.05, 4.69) is 13.5 Å². The van der Waals surface area contributed by atoms with Crippen LogP contribution in [0.3, 0.4) is 0 Å². The van der Waals surface area contributed by atoms with Gasteiger partial charge in [0.15, 0.2) is 0 Å². The summed E-state index contributed by atoms with van der Waals surface area (Å²) in [5, 5.41) is 0. The molecule has 0 N–H and O–H groups in total. The molecular weight excluding hydrogens is 151 g/mol. The molecular formula is C11H12F.